The van der Waals surface area contributed by atoms with E-state index in [1.807, 2.05) is 17.5 Å². The van der Waals surface area contributed by atoms with Crippen molar-refractivity contribution in [2.75, 3.05) is 11.4 Å². The van der Waals surface area contributed by atoms with E-state index in [2.05, 4.69) is 42.9 Å². The first-order chi connectivity index (χ1) is 8.58. The number of hydrogen-bond donors (Lipinski definition) is 1. The Bertz CT molecular complexity index is 373. The van der Waals surface area contributed by atoms with E-state index >= 15 is 0 Å². The van der Waals surface area contributed by atoms with Crippen molar-refractivity contribution in [2.24, 2.45) is 5.92 Å². The van der Waals surface area contributed by atoms with Gasteiger partial charge < -0.3 is 10.2 Å². The van der Waals surface area contributed by atoms with Crippen LogP contribution in [0, 0.1) is 5.92 Å². The van der Waals surface area contributed by atoms with E-state index in [0.29, 0.717) is 18.0 Å². The van der Waals surface area contributed by atoms with Gasteiger partial charge in [-0.3, -0.25) is 0 Å². The molecule has 1 aromatic rings. The molecule has 1 aromatic heterocycles. The van der Waals surface area contributed by atoms with Gasteiger partial charge in [-0.15, -0.1) is 11.3 Å². The Hall–Kier alpha value is -0.610. The van der Waals surface area contributed by atoms with Crippen molar-refractivity contribution in [2.45, 2.75) is 59.2 Å². The summed E-state index contributed by atoms with van der Waals surface area (Å²) in [4.78, 5) is 8.46. The Morgan fingerprint density at radius 3 is 2.89 bits per heavy atom. The molecule has 2 heterocycles. The van der Waals surface area contributed by atoms with Crippen molar-refractivity contribution in [1.29, 1.82) is 0 Å². The first kappa shape index (κ1) is 13.8. The van der Waals surface area contributed by atoms with Crippen LogP contribution >= 0.6 is 11.3 Å². The molecule has 1 fully saturated rings. The molecule has 1 N–H and O–H groups in total. The molecular formula is C14H25N3S. The molecule has 2 rings (SSSR count). The number of hydrogen-bond acceptors (Lipinski definition) is 4. The first-order valence-electron chi connectivity index (χ1n) is 7.02. The highest BCUT2D eigenvalue weighted by Crippen LogP contribution is 2.32. The lowest BCUT2D eigenvalue weighted by atomic mass is 10.0. The Kier molecular flexibility index (Phi) is 4.62. The maximum atomic E-state index is 4.61. The molecule has 3 nitrogen and oxygen atoms in total. The van der Waals surface area contributed by atoms with Crippen molar-refractivity contribution in [3.63, 3.8) is 0 Å². The largest absolute Gasteiger partial charge is 0.345 e. The smallest absolute Gasteiger partial charge is 0.185 e. The van der Waals surface area contributed by atoms with Crippen LogP contribution in [0.15, 0.2) is 6.20 Å². The molecule has 1 unspecified atom stereocenters. The van der Waals surface area contributed by atoms with Crippen molar-refractivity contribution in [3.8, 4) is 0 Å². The lowest BCUT2D eigenvalue weighted by Gasteiger charge is -2.27. The topological polar surface area (TPSA) is 28.2 Å². The number of thiazole rings is 1. The van der Waals surface area contributed by atoms with Crippen LogP contribution in [0.4, 0.5) is 5.13 Å². The van der Waals surface area contributed by atoms with Gasteiger partial charge in [0, 0.05) is 36.2 Å². The molecule has 102 valence electrons. The minimum absolute atomic E-state index is 0.533. The van der Waals surface area contributed by atoms with E-state index < -0.39 is 0 Å². The Labute approximate surface area is 115 Å². The fourth-order valence-corrected chi connectivity index (χ4v) is 3.48. The average molecular weight is 267 g/mol. The van der Waals surface area contributed by atoms with Crippen LogP contribution in [-0.4, -0.2) is 23.6 Å². The van der Waals surface area contributed by atoms with Gasteiger partial charge >= 0.3 is 0 Å². The van der Waals surface area contributed by atoms with Crippen molar-refractivity contribution in [3.05, 3.63) is 11.1 Å². The lowest BCUT2D eigenvalue weighted by molar-refractivity contribution is 0.491. The average Bonchev–Trinajstić information content (AvgIpc) is 2.94. The summed E-state index contributed by atoms with van der Waals surface area (Å²) >= 11 is 1.85. The van der Waals surface area contributed by atoms with E-state index in [4.69, 9.17) is 0 Å². The second-order valence-corrected chi connectivity index (χ2v) is 6.89. The number of nitrogens with one attached hydrogen (secondary N) is 1. The molecule has 0 radical (unpaired) electrons. The van der Waals surface area contributed by atoms with E-state index in [1.54, 1.807) is 0 Å². The second kappa shape index (κ2) is 6.02. The molecule has 1 aliphatic rings. The van der Waals surface area contributed by atoms with Crippen LogP contribution in [0.25, 0.3) is 0 Å². The van der Waals surface area contributed by atoms with Gasteiger partial charge in [0.2, 0.25) is 0 Å². The van der Waals surface area contributed by atoms with E-state index in [1.165, 1.54) is 29.4 Å². The van der Waals surface area contributed by atoms with Crippen LogP contribution in [0.5, 0.6) is 0 Å². The summed E-state index contributed by atoms with van der Waals surface area (Å²) < 4.78 is 0. The molecule has 1 saturated heterocycles. The first-order valence-corrected chi connectivity index (χ1v) is 7.84. The minimum atomic E-state index is 0.533. The predicted octanol–water partition coefficient (Wildman–Crippen LogP) is 3.27. The molecule has 4 heteroatoms. The molecule has 0 bridgehead atoms. The summed E-state index contributed by atoms with van der Waals surface area (Å²) in [5, 5.41) is 4.67. The summed E-state index contributed by atoms with van der Waals surface area (Å²) in [5.41, 5.74) is 0. The second-order valence-electron chi connectivity index (χ2n) is 5.79. The maximum Gasteiger partial charge on any atom is 0.185 e. The van der Waals surface area contributed by atoms with Gasteiger partial charge in [0.15, 0.2) is 5.13 Å². The number of anilines is 1. The molecule has 1 atom stereocenters. The Balaban J connectivity index is 2.00. The third kappa shape index (κ3) is 3.23. The summed E-state index contributed by atoms with van der Waals surface area (Å²) in [6.45, 7) is 11.1. The SMILES string of the molecule is CC(C)NCc1cnc(N2CCCC2C(C)C)s1. The Morgan fingerprint density at radius 2 is 2.22 bits per heavy atom. The molecule has 0 spiro atoms. The number of aromatic nitrogens is 1. The minimum Gasteiger partial charge on any atom is -0.345 e. The quantitative estimate of drug-likeness (QED) is 0.887. The van der Waals surface area contributed by atoms with E-state index in [9.17, 15) is 0 Å². The third-order valence-corrected chi connectivity index (χ3v) is 4.57. The predicted molar refractivity (Wildman–Crippen MR) is 79.3 cm³/mol. The summed E-state index contributed by atoms with van der Waals surface area (Å²) in [6.07, 6.45) is 4.66. The van der Waals surface area contributed by atoms with Crippen molar-refractivity contribution >= 4 is 16.5 Å². The standard InChI is InChI=1S/C14H25N3S/c1-10(2)13-6-5-7-17(13)14-16-9-12(18-14)8-15-11(3)4/h9-11,13,15H,5-8H2,1-4H3. The number of nitrogens with zero attached hydrogens (tertiary/aromatic N) is 2. The van der Waals surface area contributed by atoms with E-state index in [0.717, 1.165) is 6.54 Å². The van der Waals surface area contributed by atoms with Crippen LogP contribution in [0.1, 0.15) is 45.4 Å². The summed E-state index contributed by atoms with van der Waals surface area (Å²) in [6, 6.07) is 1.22. The van der Waals surface area contributed by atoms with Crippen molar-refractivity contribution < 1.29 is 0 Å². The van der Waals surface area contributed by atoms with Crippen LogP contribution in [-0.2, 0) is 6.54 Å². The highest BCUT2D eigenvalue weighted by molar-refractivity contribution is 7.15. The molecular weight excluding hydrogens is 242 g/mol. The molecule has 0 saturated carbocycles. The van der Waals surface area contributed by atoms with Gasteiger partial charge in [-0.1, -0.05) is 27.7 Å². The zero-order valence-corrected chi connectivity index (χ0v) is 12.8. The zero-order chi connectivity index (χ0) is 13.1. The van der Waals surface area contributed by atoms with Crippen LogP contribution in [0.3, 0.4) is 0 Å². The molecule has 0 aliphatic carbocycles. The normalized spacial score (nSPS) is 20.3. The van der Waals surface area contributed by atoms with E-state index in [-0.39, 0.29) is 0 Å². The molecule has 0 amide bonds. The molecule has 0 aromatic carbocycles. The van der Waals surface area contributed by atoms with Crippen LogP contribution < -0.4 is 10.2 Å². The van der Waals surface area contributed by atoms with Gasteiger partial charge in [0.05, 0.1) is 0 Å². The summed E-state index contributed by atoms with van der Waals surface area (Å²) in [5.74, 6) is 0.716. The number of rotatable bonds is 5. The van der Waals surface area contributed by atoms with Gasteiger partial charge in [0.25, 0.3) is 0 Å². The van der Waals surface area contributed by atoms with Gasteiger partial charge in [0.1, 0.15) is 0 Å². The van der Waals surface area contributed by atoms with Gasteiger partial charge in [-0.25, -0.2) is 4.98 Å². The highest BCUT2D eigenvalue weighted by atomic mass is 32.1. The molecule has 18 heavy (non-hydrogen) atoms. The van der Waals surface area contributed by atoms with Gasteiger partial charge in [-0.2, -0.15) is 0 Å². The lowest BCUT2D eigenvalue weighted by Crippen LogP contribution is -2.33. The maximum absolute atomic E-state index is 4.61. The zero-order valence-electron chi connectivity index (χ0n) is 11.9. The Morgan fingerprint density at radius 1 is 1.44 bits per heavy atom. The van der Waals surface area contributed by atoms with Crippen LogP contribution in [0.2, 0.25) is 0 Å². The fourth-order valence-electron chi connectivity index (χ4n) is 2.54. The molecule has 1 aliphatic heterocycles. The van der Waals surface area contributed by atoms with Gasteiger partial charge in [-0.05, 0) is 18.8 Å². The highest BCUT2D eigenvalue weighted by Gasteiger charge is 2.28. The van der Waals surface area contributed by atoms with Crippen molar-refractivity contribution in [1.82, 2.24) is 10.3 Å². The third-order valence-electron chi connectivity index (χ3n) is 3.54. The summed E-state index contributed by atoms with van der Waals surface area (Å²) in [7, 11) is 0. The monoisotopic (exact) mass is 267 g/mol. The fraction of sp³-hybridized carbons (Fsp3) is 0.786.